The number of hydrogen-bond donors (Lipinski definition) is 1. The second-order valence-corrected chi connectivity index (χ2v) is 3.60. The highest BCUT2D eigenvalue weighted by molar-refractivity contribution is 5.67. The van der Waals surface area contributed by atoms with Crippen LogP contribution in [0.2, 0.25) is 0 Å². The highest BCUT2D eigenvalue weighted by Crippen LogP contribution is 1.99. The van der Waals surface area contributed by atoms with Crippen molar-refractivity contribution in [3.63, 3.8) is 0 Å². The first kappa shape index (κ1) is 10.6. The van der Waals surface area contributed by atoms with Gasteiger partial charge in [-0.3, -0.25) is 4.90 Å². The number of carbonyl (C=O) groups is 1. The van der Waals surface area contributed by atoms with Crippen molar-refractivity contribution in [2.75, 3.05) is 39.8 Å². The Bertz CT molecular complexity index is 172. The fraction of sp³-hybridized carbons (Fsp3) is 0.778. The number of amides is 1. The highest BCUT2D eigenvalue weighted by atomic mass is 16.1. The van der Waals surface area contributed by atoms with E-state index >= 15 is 0 Å². The van der Waals surface area contributed by atoms with Gasteiger partial charge < -0.3 is 10.2 Å². The molecule has 13 heavy (non-hydrogen) atoms. The Morgan fingerprint density at radius 2 is 2.15 bits per heavy atom. The minimum atomic E-state index is 0.129. The quantitative estimate of drug-likeness (QED) is 0.533. The van der Waals surface area contributed by atoms with Gasteiger partial charge in [-0.05, 0) is 20.0 Å². The molecular weight excluding hydrogens is 166 g/mol. The molecule has 1 aliphatic rings. The molecular formula is C9H19N3O. The highest BCUT2D eigenvalue weighted by Gasteiger charge is 2.14. The topological polar surface area (TPSA) is 40.2 Å². The molecule has 0 saturated carbocycles. The van der Waals surface area contributed by atoms with Gasteiger partial charge in [0.15, 0.2) is 0 Å². The fourth-order valence-electron chi connectivity index (χ4n) is 1.54. The van der Waals surface area contributed by atoms with Crippen LogP contribution in [0.5, 0.6) is 0 Å². The zero-order valence-corrected chi connectivity index (χ0v) is 8.33. The van der Waals surface area contributed by atoms with Crippen LogP contribution in [-0.2, 0) is 4.79 Å². The van der Waals surface area contributed by atoms with Gasteiger partial charge in [-0.25, -0.2) is 4.79 Å². The molecule has 0 unspecified atom stereocenters. The van der Waals surface area contributed by atoms with Crippen molar-refractivity contribution >= 4 is 5.91 Å². The zero-order chi connectivity index (χ0) is 9.68. The van der Waals surface area contributed by atoms with Crippen LogP contribution in [0.3, 0.4) is 0 Å². The Morgan fingerprint density at radius 3 is 2.85 bits per heavy atom. The van der Waals surface area contributed by atoms with Crippen LogP contribution in [0.25, 0.3) is 0 Å². The van der Waals surface area contributed by atoms with Crippen LogP contribution in [0.1, 0.15) is 6.42 Å². The van der Waals surface area contributed by atoms with Crippen molar-refractivity contribution in [1.82, 2.24) is 9.80 Å². The number of likely N-dealkylation sites (N-methyl/N-ethyl adjacent to an activating group) is 1. The summed E-state index contributed by atoms with van der Waals surface area (Å²) in [5.41, 5.74) is 0. The van der Waals surface area contributed by atoms with Gasteiger partial charge in [0.2, 0.25) is 0 Å². The predicted octanol–water partition coefficient (Wildman–Crippen LogP) is -1.49. The minimum absolute atomic E-state index is 0.129. The molecule has 1 rings (SSSR count). The summed E-state index contributed by atoms with van der Waals surface area (Å²) in [6.07, 6.45) is 1.15. The molecule has 4 heteroatoms. The van der Waals surface area contributed by atoms with Crippen molar-refractivity contribution in [3.05, 3.63) is 7.05 Å². The molecule has 0 aromatic carbocycles. The van der Waals surface area contributed by atoms with Crippen molar-refractivity contribution in [2.45, 2.75) is 6.42 Å². The third kappa shape index (κ3) is 3.85. The van der Waals surface area contributed by atoms with Crippen molar-refractivity contribution < 1.29 is 10.1 Å². The zero-order valence-electron chi connectivity index (χ0n) is 8.33. The van der Waals surface area contributed by atoms with Gasteiger partial charge in [0.05, 0.1) is 0 Å². The summed E-state index contributed by atoms with van der Waals surface area (Å²) in [5.74, 6) is 0.129. The van der Waals surface area contributed by atoms with Crippen LogP contribution in [0, 0.1) is 7.05 Å². The van der Waals surface area contributed by atoms with Gasteiger partial charge in [0.1, 0.15) is 6.54 Å². The van der Waals surface area contributed by atoms with Crippen molar-refractivity contribution in [2.24, 2.45) is 0 Å². The van der Waals surface area contributed by atoms with E-state index in [4.69, 9.17) is 0 Å². The first-order valence-electron chi connectivity index (χ1n) is 4.78. The minimum Gasteiger partial charge on any atom is -0.414 e. The first-order valence-corrected chi connectivity index (χ1v) is 4.78. The van der Waals surface area contributed by atoms with Gasteiger partial charge in [-0.15, -0.1) is 7.05 Å². The Kier molecular flexibility index (Phi) is 4.35. The molecule has 0 aromatic heterocycles. The Hall–Kier alpha value is -0.450. The van der Waals surface area contributed by atoms with Crippen LogP contribution in [0.15, 0.2) is 0 Å². The Morgan fingerprint density at radius 1 is 1.38 bits per heavy atom. The summed E-state index contributed by atoms with van der Waals surface area (Å²) in [6.45, 7) is 4.76. The molecule has 0 radical (unpaired) electrons. The lowest BCUT2D eigenvalue weighted by atomic mass is 10.4. The normalized spacial score (nSPS) is 21.4. The number of nitrogens with zero attached hydrogens (tertiary/aromatic N) is 2. The molecule has 76 valence electrons. The lowest BCUT2D eigenvalue weighted by Crippen LogP contribution is -2.83. The molecule has 1 fully saturated rings. The number of hydrogen-bond acceptors (Lipinski definition) is 3. The largest absolute Gasteiger partial charge is 0.414 e. The summed E-state index contributed by atoms with van der Waals surface area (Å²) in [5, 5.41) is 1.41. The maximum atomic E-state index is 11.1. The summed E-state index contributed by atoms with van der Waals surface area (Å²) < 4.78 is 0. The molecule has 1 amide bonds. The van der Waals surface area contributed by atoms with Gasteiger partial charge in [0.25, 0.3) is 5.91 Å². The van der Waals surface area contributed by atoms with Crippen LogP contribution >= 0.6 is 0 Å². The van der Waals surface area contributed by atoms with Crippen LogP contribution in [-0.4, -0.2) is 55.5 Å². The van der Waals surface area contributed by atoms with E-state index in [2.05, 4.69) is 23.9 Å². The number of rotatable bonds is 2. The SMILES string of the molecule is [CH2-][NH2+]C(=O)CN1CCCN(C)CC1. The molecule has 2 N–H and O–H groups in total. The molecule has 0 atom stereocenters. The number of quaternary nitrogens is 1. The first-order chi connectivity index (χ1) is 6.22. The third-order valence-electron chi connectivity index (χ3n) is 2.42. The van der Waals surface area contributed by atoms with E-state index in [9.17, 15) is 4.79 Å². The lowest BCUT2D eigenvalue weighted by molar-refractivity contribution is -0.507. The molecule has 0 aliphatic carbocycles. The second kappa shape index (κ2) is 5.32. The number of primary amides is 1. The van der Waals surface area contributed by atoms with E-state index in [1.54, 1.807) is 0 Å². The molecule has 0 bridgehead atoms. The summed E-state index contributed by atoms with van der Waals surface area (Å²) >= 11 is 0. The maximum absolute atomic E-state index is 11.1. The van der Waals surface area contributed by atoms with Gasteiger partial charge in [-0.1, -0.05) is 0 Å². The number of nitrogens with two attached hydrogens (primary N) is 1. The monoisotopic (exact) mass is 185 g/mol. The van der Waals surface area contributed by atoms with E-state index in [0.29, 0.717) is 6.54 Å². The molecule has 0 aromatic rings. The number of carbonyl (C=O) groups excluding carboxylic acids is 1. The van der Waals surface area contributed by atoms with Crippen LogP contribution in [0.4, 0.5) is 0 Å². The molecule has 1 aliphatic heterocycles. The van der Waals surface area contributed by atoms with E-state index in [0.717, 1.165) is 32.6 Å². The van der Waals surface area contributed by atoms with E-state index in [1.807, 2.05) is 0 Å². The molecule has 1 heterocycles. The summed E-state index contributed by atoms with van der Waals surface area (Å²) in [4.78, 5) is 15.6. The maximum Gasteiger partial charge on any atom is 0.298 e. The molecule has 4 nitrogen and oxygen atoms in total. The standard InChI is InChI=1S/C9H19N3O/c1-10-9(13)8-12-5-3-4-11(2)6-7-12/h1,3-8,10H2,2H3. The van der Waals surface area contributed by atoms with Gasteiger partial charge in [-0.2, -0.15) is 0 Å². The Labute approximate surface area is 79.9 Å². The predicted molar refractivity (Wildman–Crippen MR) is 50.8 cm³/mol. The lowest BCUT2D eigenvalue weighted by Gasteiger charge is -2.17. The fourth-order valence-corrected chi connectivity index (χ4v) is 1.54. The van der Waals surface area contributed by atoms with Crippen molar-refractivity contribution in [3.8, 4) is 0 Å². The van der Waals surface area contributed by atoms with Crippen molar-refractivity contribution in [1.29, 1.82) is 0 Å². The summed E-state index contributed by atoms with van der Waals surface area (Å²) in [6, 6.07) is 0. The molecule has 1 saturated heterocycles. The van der Waals surface area contributed by atoms with E-state index in [1.165, 1.54) is 5.32 Å². The molecule has 0 spiro atoms. The second-order valence-electron chi connectivity index (χ2n) is 3.60. The van der Waals surface area contributed by atoms with E-state index in [-0.39, 0.29) is 5.91 Å². The average molecular weight is 185 g/mol. The van der Waals surface area contributed by atoms with Gasteiger partial charge >= 0.3 is 0 Å². The van der Waals surface area contributed by atoms with E-state index < -0.39 is 0 Å². The average Bonchev–Trinajstić information content (AvgIpc) is 2.31. The Balaban J connectivity index is 2.29. The smallest absolute Gasteiger partial charge is 0.298 e. The summed E-state index contributed by atoms with van der Waals surface area (Å²) in [7, 11) is 5.60. The van der Waals surface area contributed by atoms with Crippen LogP contribution < -0.4 is 5.32 Å². The third-order valence-corrected chi connectivity index (χ3v) is 2.42. The van der Waals surface area contributed by atoms with Gasteiger partial charge in [0, 0.05) is 19.6 Å².